The van der Waals surface area contributed by atoms with Crippen molar-refractivity contribution >= 4 is 17.6 Å². The number of piperidine rings is 1. The number of benzene rings is 1. The minimum absolute atomic E-state index is 0.231. The molecule has 1 aromatic carbocycles. The number of nitrogens with one attached hydrogen (secondary N) is 2. The van der Waals surface area contributed by atoms with Crippen LogP contribution in [0.1, 0.15) is 51.0 Å². The highest BCUT2D eigenvalue weighted by Crippen LogP contribution is 2.21. The SMILES string of the molecule is CN=C(NCCCN1CCCCC1C)NCc1ccc(N2CCCC2=O)cc1. The van der Waals surface area contributed by atoms with E-state index in [2.05, 4.69) is 39.6 Å². The molecule has 0 aromatic heterocycles. The van der Waals surface area contributed by atoms with E-state index in [1.165, 1.54) is 31.4 Å². The second-order valence-corrected chi connectivity index (χ2v) is 7.90. The Labute approximate surface area is 169 Å². The van der Waals surface area contributed by atoms with Crippen LogP contribution in [0.15, 0.2) is 29.3 Å². The fraction of sp³-hybridized carbons (Fsp3) is 0.636. The second-order valence-electron chi connectivity index (χ2n) is 7.90. The molecule has 0 saturated carbocycles. The summed E-state index contributed by atoms with van der Waals surface area (Å²) < 4.78 is 0. The first-order valence-electron chi connectivity index (χ1n) is 10.8. The molecule has 1 aromatic rings. The Balaban J connectivity index is 1.37. The lowest BCUT2D eigenvalue weighted by Gasteiger charge is -2.33. The van der Waals surface area contributed by atoms with Crippen LogP contribution in [0, 0.1) is 0 Å². The molecule has 2 heterocycles. The van der Waals surface area contributed by atoms with Crippen LogP contribution in [-0.4, -0.2) is 56.0 Å². The van der Waals surface area contributed by atoms with Crippen molar-refractivity contribution in [2.75, 3.05) is 38.1 Å². The molecule has 2 fully saturated rings. The Morgan fingerprint density at radius 2 is 1.96 bits per heavy atom. The fourth-order valence-electron chi connectivity index (χ4n) is 4.10. The van der Waals surface area contributed by atoms with Crippen LogP contribution in [0.2, 0.25) is 0 Å². The average Bonchev–Trinajstić information content (AvgIpc) is 3.15. The van der Waals surface area contributed by atoms with Gasteiger partial charge in [0.1, 0.15) is 0 Å². The topological polar surface area (TPSA) is 60.0 Å². The van der Waals surface area contributed by atoms with Crippen LogP contribution in [0.5, 0.6) is 0 Å². The average molecular weight is 386 g/mol. The van der Waals surface area contributed by atoms with Crippen molar-refractivity contribution in [1.82, 2.24) is 15.5 Å². The number of hydrogen-bond donors (Lipinski definition) is 2. The van der Waals surface area contributed by atoms with E-state index in [0.717, 1.165) is 56.7 Å². The molecule has 2 N–H and O–H groups in total. The van der Waals surface area contributed by atoms with Gasteiger partial charge in [0.05, 0.1) is 0 Å². The van der Waals surface area contributed by atoms with E-state index in [4.69, 9.17) is 0 Å². The molecule has 3 rings (SSSR count). The molecule has 0 aliphatic carbocycles. The van der Waals surface area contributed by atoms with Gasteiger partial charge in [0.2, 0.25) is 5.91 Å². The van der Waals surface area contributed by atoms with Gasteiger partial charge in [0.15, 0.2) is 5.96 Å². The number of nitrogens with zero attached hydrogens (tertiary/aromatic N) is 3. The number of likely N-dealkylation sites (tertiary alicyclic amines) is 1. The first kappa shape index (κ1) is 20.6. The monoisotopic (exact) mass is 385 g/mol. The lowest BCUT2D eigenvalue weighted by Crippen LogP contribution is -2.41. The third kappa shape index (κ3) is 5.71. The van der Waals surface area contributed by atoms with Crippen LogP contribution < -0.4 is 15.5 Å². The van der Waals surface area contributed by atoms with E-state index in [1.807, 2.05) is 24.1 Å². The summed E-state index contributed by atoms with van der Waals surface area (Å²) in [6.45, 7) is 7.23. The molecule has 2 aliphatic heterocycles. The second kappa shape index (κ2) is 10.5. The fourth-order valence-corrected chi connectivity index (χ4v) is 4.10. The molecule has 1 unspecified atom stereocenters. The predicted molar refractivity (Wildman–Crippen MR) is 116 cm³/mol. The number of amides is 1. The Hall–Kier alpha value is -2.08. The molecule has 0 radical (unpaired) electrons. The Morgan fingerprint density at radius 3 is 2.64 bits per heavy atom. The van der Waals surface area contributed by atoms with Crippen molar-refractivity contribution < 1.29 is 4.79 Å². The summed E-state index contributed by atoms with van der Waals surface area (Å²) in [6, 6.07) is 8.97. The van der Waals surface area contributed by atoms with E-state index in [1.54, 1.807) is 0 Å². The highest BCUT2D eigenvalue weighted by molar-refractivity contribution is 5.95. The van der Waals surface area contributed by atoms with Gasteiger partial charge >= 0.3 is 0 Å². The molecule has 154 valence electrons. The largest absolute Gasteiger partial charge is 0.356 e. The van der Waals surface area contributed by atoms with Gasteiger partial charge in [-0.3, -0.25) is 9.79 Å². The highest BCUT2D eigenvalue weighted by atomic mass is 16.2. The van der Waals surface area contributed by atoms with Crippen molar-refractivity contribution in [1.29, 1.82) is 0 Å². The van der Waals surface area contributed by atoms with E-state index in [0.29, 0.717) is 6.42 Å². The smallest absolute Gasteiger partial charge is 0.227 e. The molecular formula is C22H35N5O. The number of rotatable bonds is 7. The van der Waals surface area contributed by atoms with Crippen LogP contribution in [0.3, 0.4) is 0 Å². The zero-order valence-electron chi connectivity index (χ0n) is 17.4. The van der Waals surface area contributed by atoms with Gasteiger partial charge in [-0.1, -0.05) is 18.6 Å². The Morgan fingerprint density at radius 1 is 1.14 bits per heavy atom. The molecule has 28 heavy (non-hydrogen) atoms. The molecule has 1 atom stereocenters. The van der Waals surface area contributed by atoms with Gasteiger partial charge in [-0.15, -0.1) is 0 Å². The summed E-state index contributed by atoms with van der Waals surface area (Å²) in [7, 11) is 1.81. The quantitative estimate of drug-likeness (QED) is 0.430. The van der Waals surface area contributed by atoms with Crippen LogP contribution >= 0.6 is 0 Å². The van der Waals surface area contributed by atoms with E-state index < -0.39 is 0 Å². The maximum atomic E-state index is 11.8. The minimum Gasteiger partial charge on any atom is -0.356 e. The third-order valence-electron chi connectivity index (χ3n) is 5.86. The first-order chi connectivity index (χ1) is 13.7. The lowest BCUT2D eigenvalue weighted by atomic mass is 10.0. The van der Waals surface area contributed by atoms with Crippen molar-refractivity contribution in [3.8, 4) is 0 Å². The molecule has 0 spiro atoms. The van der Waals surface area contributed by atoms with Crippen LogP contribution in [0.25, 0.3) is 0 Å². The maximum absolute atomic E-state index is 11.8. The van der Waals surface area contributed by atoms with Crippen molar-refractivity contribution in [2.24, 2.45) is 4.99 Å². The number of hydrogen-bond acceptors (Lipinski definition) is 3. The van der Waals surface area contributed by atoms with Gasteiger partial charge in [0, 0.05) is 51.4 Å². The van der Waals surface area contributed by atoms with Gasteiger partial charge < -0.3 is 20.4 Å². The maximum Gasteiger partial charge on any atom is 0.227 e. The molecule has 6 heteroatoms. The molecular weight excluding hydrogens is 350 g/mol. The van der Waals surface area contributed by atoms with Crippen molar-refractivity contribution in [3.05, 3.63) is 29.8 Å². The first-order valence-corrected chi connectivity index (χ1v) is 10.8. The standard InChI is InChI=1S/C22H35N5O/c1-18-7-3-4-14-26(18)15-6-13-24-22(23-2)25-17-19-9-11-20(12-10-19)27-16-5-8-21(27)28/h9-12,18H,3-8,13-17H2,1-2H3,(H2,23,24,25). The van der Waals surface area contributed by atoms with Crippen molar-refractivity contribution in [2.45, 2.75) is 58.0 Å². The zero-order valence-corrected chi connectivity index (χ0v) is 17.4. The molecule has 6 nitrogen and oxygen atoms in total. The van der Waals surface area contributed by atoms with Crippen molar-refractivity contribution in [3.63, 3.8) is 0 Å². The van der Waals surface area contributed by atoms with Gasteiger partial charge in [-0.2, -0.15) is 0 Å². The number of carbonyl (C=O) groups excluding carboxylic acids is 1. The summed E-state index contributed by atoms with van der Waals surface area (Å²) >= 11 is 0. The van der Waals surface area contributed by atoms with Crippen LogP contribution in [0.4, 0.5) is 5.69 Å². The molecule has 2 aliphatic rings. The normalized spacial score (nSPS) is 21.2. The summed E-state index contributed by atoms with van der Waals surface area (Å²) in [5.41, 5.74) is 2.18. The van der Waals surface area contributed by atoms with E-state index >= 15 is 0 Å². The van der Waals surface area contributed by atoms with E-state index in [-0.39, 0.29) is 5.91 Å². The summed E-state index contributed by atoms with van der Waals surface area (Å²) in [4.78, 5) is 20.6. The minimum atomic E-state index is 0.231. The molecule has 0 bridgehead atoms. The third-order valence-corrected chi connectivity index (χ3v) is 5.86. The summed E-state index contributed by atoms with van der Waals surface area (Å²) in [5.74, 6) is 1.07. The Kier molecular flexibility index (Phi) is 7.71. The zero-order chi connectivity index (χ0) is 19.8. The lowest BCUT2D eigenvalue weighted by molar-refractivity contribution is -0.117. The predicted octanol–water partition coefficient (Wildman–Crippen LogP) is 2.74. The number of carbonyl (C=O) groups is 1. The summed E-state index contributed by atoms with van der Waals surface area (Å²) in [5, 5.41) is 6.79. The number of anilines is 1. The number of aliphatic imine (C=N–C) groups is 1. The Bertz CT molecular complexity index is 657. The molecule has 2 saturated heterocycles. The van der Waals surface area contributed by atoms with Crippen LogP contribution in [-0.2, 0) is 11.3 Å². The molecule has 1 amide bonds. The van der Waals surface area contributed by atoms with Gasteiger partial charge in [-0.05, 0) is 56.8 Å². The number of guanidine groups is 1. The summed E-state index contributed by atoms with van der Waals surface area (Å²) in [6.07, 6.45) is 6.81. The highest BCUT2D eigenvalue weighted by Gasteiger charge is 2.21. The van der Waals surface area contributed by atoms with Gasteiger partial charge in [0.25, 0.3) is 0 Å². The van der Waals surface area contributed by atoms with E-state index in [9.17, 15) is 4.79 Å². The van der Waals surface area contributed by atoms with Gasteiger partial charge in [-0.25, -0.2) is 0 Å².